The lowest BCUT2D eigenvalue weighted by molar-refractivity contribution is 0.560. The highest BCUT2D eigenvalue weighted by atomic mass is 16.3. The predicted molar refractivity (Wildman–Crippen MR) is 54.7 cm³/mol. The molecule has 14 heavy (non-hydrogen) atoms. The molecule has 0 radical (unpaired) electrons. The fourth-order valence-electron chi connectivity index (χ4n) is 1.41. The number of hydrogen-bond donors (Lipinski definition) is 1. The maximum absolute atomic E-state index is 4.98. The third kappa shape index (κ3) is 2.26. The van der Waals surface area contributed by atoms with E-state index in [1.165, 1.54) is 11.1 Å². The average Bonchev–Trinajstić information content (AvgIpc) is 2.77. The van der Waals surface area contributed by atoms with E-state index in [2.05, 4.69) is 28.3 Å². The van der Waals surface area contributed by atoms with E-state index in [9.17, 15) is 0 Å². The number of rotatable bonds is 4. The van der Waals surface area contributed by atoms with E-state index >= 15 is 0 Å². The summed E-state index contributed by atoms with van der Waals surface area (Å²) in [6.07, 6.45) is 7.62. The molecule has 1 N–H and O–H groups in total. The second-order valence-corrected chi connectivity index (χ2v) is 3.42. The highest BCUT2D eigenvalue weighted by Gasteiger charge is 1.95. The van der Waals surface area contributed by atoms with Crippen LogP contribution in [-0.4, -0.2) is 4.57 Å². The highest BCUT2D eigenvalue weighted by Crippen LogP contribution is 2.01. The van der Waals surface area contributed by atoms with Gasteiger partial charge in [0.15, 0.2) is 0 Å². The number of nitrogens with zero attached hydrogens (tertiary/aromatic N) is 1. The molecule has 0 aliphatic carbocycles. The number of aromatic nitrogens is 1. The first kappa shape index (κ1) is 9.09. The third-order valence-corrected chi connectivity index (χ3v) is 2.13. The summed E-state index contributed by atoms with van der Waals surface area (Å²) in [6, 6.07) is 4.08. The van der Waals surface area contributed by atoms with Crippen molar-refractivity contribution in [3.8, 4) is 0 Å². The van der Waals surface area contributed by atoms with Gasteiger partial charge in [-0.15, -0.1) is 0 Å². The molecule has 0 aliphatic heterocycles. The summed E-state index contributed by atoms with van der Waals surface area (Å²) in [5.41, 5.74) is 2.48. The quantitative estimate of drug-likeness (QED) is 0.798. The van der Waals surface area contributed by atoms with Crippen LogP contribution in [-0.2, 0) is 20.1 Å². The monoisotopic (exact) mass is 190 g/mol. The molecule has 2 aromatic rings. The van der Waals surface area contributed by atoms with Crippen LogP contribution in [0.3, 0.4) is 0 Å². The lowest BCUT2D eigenvalue weighted by atomic mass is 10.3. The van der Waals surface area contributed by atoms with Crippen LogP contribution in [0.4, 0.5) is 0 Å². The Bertz CT molecular complexity index is 376. The summed E-state index contributed by atoms with van der Waals surface area (Å²) in [5.74, 6) is 0. The van der Waals surface area contributed by atoms with Crippen molar-refractivity contribution in [1.82, 2.24) is 9.88 Å². The van der Waals surface area contributed by atoms with E-state index in [-0.39, 0.29) is 0 Å². The molecule has 0 atom stereocenters. The topological polar surface area (TPSA) is 30.1 Å². The molecule has 74 valence electrons. The number of aryl methyl sites for hydroxylation is 1. The van der Waals surface area contributed by atoms with Crippen molar-refractivity contribution < 1.29 is 4.42 Å². The Labute approximate surface area is 83.3 Å². The van der Waals surface area contributed by atoms with Gasteiger partial charge in [-0.3, -0.25) is 0 Å². The minimum Gasteiger partial charge on any atom is -0.472 e. The van der Waals surface area contributed by atoms with E-state index in [1.54, 1.807) is 12.5 Å². The lowest BCUT2D eigenvalue weighted by Crippen LogP contribution is -2.11. The van der Waals surface area contributed by atoms with Crippen LogP contribution in [0.2, 0.25) is 0 Å². The molecule has 0 unspecified atom stereocenters. The average molecular weight is 190 g/mol. The lowest BCUT2D eigenvalue weighted by Gasteiger charge is -1.99. The zero-order valence-corrected chi connectivity index (χ0v) is 8.23. The highest BCUT2D eigenvalue weighted by molar-refractivity contribution is 5.10. The molecule has 0 spiro atoms. The molecule has 2 aromatic heterocycles. The van der Waals surface area contributed by atoms with Crippen LogP contribution in [0, 0.1) is 0 Å². The van der Waals surface area contributed by atoms with Crippen molar-refractivity contribution in [2.45, 2.75) is 13.1 Å². The van der Waals surface area contributed by atoms with E-state index in [0.29, 0.717) is 0 Å². The van der Waals surface area contributed by atoms with Gasteiger partial charge in [0, 0.05) is 38.1 Å². The zero-order valence-electron chi connectivity index (χ0n) is 8.23. The van der Waals surface area contributed by atoms with Crippen molar-refractivity contribution in [3.05, 3.63) is 48.2 Å². The molecule has 0 aromatic carbocycles. The first-order chi connectivity index (χ1) is 6.84. The summed E-state index contributed by atoms with van der Waals surface area (Å²) in [5, 5.41) is 3.34. The molecule has 0 fully saturated rings. The predicted octanol–water partition coefficient (Wildman–Crippen LogP) is 1.91. The smallest absolute Gasteiger partial charge is 0.0947 e. The first-order valence-electron chi connectivity index (χ1n) is 4.67. The first-order valence-corrected chi connectivity index (χ1v) is 4.67. The van der Waals surface area contributed by atoms with Gasteiger partial charge in [0.25, 0.3) is 0 Å². The third-order valence-electron chi connectivity index (χ3n) is 2.13. The molecule has 0 aliphatic rings. The molecule has 0 saturated heterocycles. The van der Waals surface area contributed by atoms with Crippen LogP contribution in [0.1, 0.15) is 11.1 Å². The maximum Gasteiger partial charge on any atom is 0.0947 e. The van der Waals surface area contributed by atoms with E-state index < -0.39 is 0 Å². The Morgan fingerprint density at radius 1 is 1.29 bits per heavy atom. The van der Waals surface area contributed by atoms with Crippen LogP contribution >= 0.6 is 0 Å². The summed E-state index contributed by atoms with van der Waals surface area (Å²) in [6.45, 7) is 1.75. The van der Waals surface area contributed by atoms with Gasteiger partial charge in [-0.1, -0.05) is 0 Å². The standard InChI is InChI=1S/C11H14N2O/c1-13-4-2-10(8-13)6-12-7-11-3-5-14-9-11/h2-5,8-9,12H,6-7H2,1H3. The molecule has 2 heterocycles. The summed E-state index contributed by atoms with van der Waals surface area (Å²) in [4.78, 5) is 0. The molecule has 0 saturated carbocycles. The summed E-state index contributed by atoms with van der Waals surface area (Å²) >= 11 is 0. The minimum atomic E-state index is 0.853. The fourth-order valence-corrected chi connectivity index (χ4v) is 1.41. The number of furan rings is 1. The van der Waals surface area contributed by atoms with Gasteiger partial charge in [0.2, 0.25) is 0 Å². The van der Waals surface area contributed by atoms with E-state index in [1.807, 2.05) is 13.1 Å². The van der Waals surface area contributed by atoms with E-state index in [0.717, 1.165) is 13.1 Å². The normalized spacial score (nSPS) is 10.6. The van der Waals surface area contributed by atoms with Crippen LogP contribution < -0.4 is 5.32 Å². The van der Waals surface area contributed by atoms with Crippen LogP contribution in [0.15, 0.2) is 41.5 Å². The van der Waals surface area contributed by atoms with Gasteiger partial charge < -0.3 is 14.3 Å². The second-order valence-electron chi connectivity index (χ2n) is 3.42. The van der Waals surface area contributed by atoms with Crippen molar-refractivity contribution in [1.29, 1.82) is 0 Å². The molecule has 0 amide bonds. The molecular formula is C11H14N2O. The Morgan fingerprint density at radius 2 is 2.14 bits per heavy atom. The summed E-state index contributed by atoms with van der Waals surface area (Å²) in [7, 11) is 2.03. The maximum atomic E-state index is 4.98. The van der Waals surface area contributed by atoms with Gasteiger partial charge in [0.1, 0.15) is 0 Å². The second kappa shape index (κ2) is 4.15. The van der Waals surface area contributed by atoms with Crippen molar-refractivity contribution in [2.24, 2.45) is 7.05 Å². The molecular weight excluding hydrogens is 176 g/mol. The van der Waals surface area contributed by atoms with Gasteiger partial charge >= 0.3 is 0 Å². The van der Waals surface area contributed by atoms with Gasteiger partial charge in [-0.25, -0.2) is 0 Å². The van der Waals surface area contributed by atoms with Crippen LogP contribution in [0.25, 0.3) is 0 Å². The Morgan fingerprint density at radius 3 is 2.79 bits per heavy atom. The zero-order chi connectivity index (χ0) is 9.80. The Balaban J connectivity index is 1.78. The molecule has 2 rings (SSSR count). The van der Waals surface area contributed by atoms with E-state index in [4.69, 9.17) is 4.42 Å². The Kier molecular flexibility index (Phi) is 2.70. The largest absolute Gasteiger partial charge is 0.472 e. The number of hydrogen-bond acceptors (Lipinski definition) is 2. The van der Waals surface area contributed by atoms with Crippen molar-refractivity contribution >= 4 is 0 Å². The summed E-state index contributed by atoms with van der Waals surface area (Å²) < 4.78 is 7.03. The fraction of sp³-hybridized carbons (Fsp3) is 0.273. The van der Waals surface area contributed by atoms with Gasteiger partial charge in [-0.2, -0.15) is 0 Å². The van der Waals surface area contributed by atoms with Crippen LogP contribution in [0.5, 0.6) is 0 Å². The molecule has 3 heteroatoms. The molecule has 0 bridgehead atoms. The minimum absolute atomic E-state index is 0.853. The SMILES string of the molecule is Cn1ccc(CNCc2ccoc2)c1. The van der Waals surface area contributed by atoms with Gasteiger partial charge in [0.05, 0.1) is 12.5 Å². The Hall–Kier alpha value is -1.48. The van der Waals surface area contributed by atoms with Gasteiger partial charge in [-0.05, 0) is 17.7 Å². The van der Waals surface area contributed by atoms with Crippen molar-refractivity contribution in [2.75, 3.05) is 0 Å². The number of nitrogens with one attached hydrogen (secondary N) is 1. The molecule has 3 nitrogen and oxygen atoms in total. The van der Waals surface area contributed by atoms with Crippen molar-refractivity contribution in [3.63, 3.8) is 0 Å².